The lowest BCUT2D eigenvalue weighted by molar-refractivity contribution is -0.117. The van der Waals surface area contributed by atoms with Crippen LogP contribution in [0.2, 0.25) is 0 Å². The minimum Gasteiger partial charge on any atom is -0.310 e. The Morgan fingerprint density at radius 1 is 1.20 bits per heavy atom. The molecule has 0 radical (unpaired) electrons. The lowest BCUT2D eigenvalue weighted by Gasteiger charge is -2.29. The van der Waals surface area contributed by atoms with Gasteiger partial charge in [-0.1, -0.05) is 6.92 Å². The fourth-order valence-corrected chi connectivity index (χ4v) is 5.66. The van der Waals surface area contributed by atoms with Crippen LogP contribution in [0.1, 0.15) is 12.5 Å². The summed E-state index contributed by atoms with van der Waals surface area (Å²) in [5.74, 6) is -0.518. The van der Waals surface area contributed by atoms with Crippen molar-refractivity contribution in [3.63, 3.8) is 0 Å². The van der Waals surface area contributed by atoms with Gasteiger partial charge in [-0.3, -0.25) is 9.52 Å². The number of carbonyl (C=O) groups is 1. The summed E-state index contributed by atoms with van der Waals surface area (Å²) in [4.78, 5) is 15.0. The average molecular weight is 378 g/mol. The van der Waals surface area contributed by atoms with Gasteiger partial charge in [-0.25, -0.2) is 12.8 Å². The third kappa shape index (κ3) is 2.79. The molecule has 4 rings (SSSR count). The number of amides is 1. The largest absolute Gasteiger partial charge is 0.310 e. The van der Waals surface area contributed by atoms with Gasteiger partial charge in [0.15, 0.2) is 0 Å². The van der Waals surface area contributed by atoms with Gasteiger partial charge in [0.05, 0.1) is 17.0 Å². The normalized spacial score (nSPS) is 19.0. The molecule has 2 aromatic rings. The molecule has 130 valence electrons. The number of hydrogen-bond donors (Lipinski definition) is 1. The molecule has 0 aliphatic carbocycles. The molecule has 1 unspecified atom stereocenters. The molecule has 2 aliphatic heterocycles. The molecule has 2 aliphatic rings. The molecular formula is C17H15FN2O3S2. The first-order chi connectivity index (χ1) is 11.8. The monoisotopic (exact) mass is 378 g/mol. The Kier molecular flexibility index (Phi) is 3.77. The van der Waals surface area contributed by atoms with Crippen molar-refractivity contribution >= 4 is 39.1 Å². The summed E-state index contributed by atoms with van der Waals surface area (Å²) >= 11 is 1.65. The van der Waals surface area contributed by atoms with E-state index in [4.69, 9.17) is 0 Å². The van der Waals surface area contributed by atoms with Gasteiger partial charge in [-0.05, 0) is 36.4 Å². The van der Waals surface area contributed by atoms with E-state index in [1.165, 1.54) is 24.3 Å². The fourth-order valence-electron chi connectivity index (χ4n) is 3.21. The minimum atomic E-state index is -3.87. The van der Waals surface area contributed by atoms with Gasteiger partial charge in [0.1, 0.15) is 5.82 Å². The molecule has 8 heteroatoms. The lowest BCUT2D eigenvalue weighted by Crippen LogP contribution is -2.35. The van der Waals surface area contributed by atoms with Crippen molar-refractivity contribution in [3.8, 4) is 0 Å². The molecule has 0 aromatic heterocycles. The molecule has 1 amide bonds. The first-order valence-electron chi connectivity index (χ1n) is 7.76. The zero-order valence-electron chi connectivity index (χ0n) is 13.3. The Morgan fingerprint density at radius 2 is 1.92 bits per heavy atom. The second-order valence-electron chi connectivity index (χ2n) is 6.11. The van der Waals surface area contributed by atoms with E-state index in [9.17, 15) is 17.6 Å². The summed E-state index contributed by atoms with van der Waals surface area (Å²) in [6.07, 6.45) is 0.0795. The number of hydrogen-bond acceptors (Lipinski definition) is 4. The standard InChI is InChI=1S/C17H15FN2O3S2/c1-10-9-20-16(21)8-13-15(7-6-14(24-10)17(13)20)25(22,23)19-12-4-2-11(18)3-5-12/h2-7,10,19H,8-9H2,1H3. The highest BCUT2D eigenvalue weighted by atomic mass is 32.2. The van der Waals surface area contributed by atoms with Crippen LogP contribution in [0.15, 0.2) is 46.2 Å². The van der Waals surface area contributed by atoms with E-state index in [2.05, 4.69) is 4.72 Å². The fraction of sp³-hybridized carbons (Fsp3) is 0.235. The number of halogens is 1. The van der Waals surface area contributed by atoms with Crippen LogP contribution in [0.5, 0.6) is 0 Å². The smallest absolute Gasteiger partial charge is 0.262 e. The summed E-state index contributed by atoms with van der Waals surface area (Å²) < 4.78 is 41.1. The highest BCUT2D eigenvalue weighted by Gasteiger charge is 2.38. The molecule has 0 saturated carbocycles. The quantitative estimate of drug-likeness (QED) is 0.892. The van der Waals surface area contributed by atoms with Crippen LogP contribution in [0.4, 0.5) is 15.8 Å². The van der Waals surface area contributed by atoms with E-state index in [0.717, 1.165) is 10.6 Å². The van der Waals surface area contributed by atoms with Crippen molar-refractivity contribution in [2.24, 2.45) is 0 Å². The molecule has 25 heavy (non-hydrogen) atoms. The summed E-state index contributed by atoms with van der Waals surface area (Å²) in [7, 11) is -3.87. The number of rotatable bonds is 3. The van der Waals surface area contributed by atoms with Crippen LogP contribution < -0.4 is 9.62 Å². The van der Waals surface area contributed by atoms with E-state index in [0.29, 0.717) is 12.1 Å². The zero-order chi connectivity index (χ0) is 17.8. The first-order valence-corrected chi connectivity index (χ1v) is 10.1. The molecule has 2 aromatic carbocycles. The highest BCUT2D eigenvalue weighted by molar-refractivity contribution is 8.00. The van der Waals surface area contributed by atoms with Crippen LogP contribution in [0.3, 0.4) is 0 Å². The maximum atomic E-state index is 13.0. The Morgan fingerprint density at radius 3 is 2.64 bits per heavy atom. The average Bonchev–Trinajstić information content (AvgIpc) is 2.87. The molecule has 0 saturated heterocycles. The second kappa shape index (κ2) is 5.74. The van der Waals surface area contributed by atoms with E-state index < -0.39 is 15.8 Å². The molecular weight excluding hydrogens is 363 g/mol. The number of carbonyl (C=O) groups excluding carboxylic acids is 1. The first kappa shape index (κ1) is 16.4. The van der Waals surface area contributed by atoms with Crippen LogP contribution in [-0.2, 0) is 21.2 Å². The van der Waals surface area contributed by atoms with Gasteiger partial charge in [0.25, 0.3) is 10.0 Å². The molecule has 0 spiro atoms. The Hall–Kier alpha value is -2.06. The number of nitrogens with zero attached hydrogens (tertiary/aromatic N) is 1. The maximum Gasteiger partial charge on any atom is 0.262 e. The predicted octanol–water partition coefficient (Wildman–Crippen LogP) is 3.01. The lowest BCUT2D eigenvalue weighted by atomic mass is 10.1. The van der Waals surface area contributed by atoms with Crippen LogP contribution in [-0.4, -0.2) is 26.1 Å². The van der Waals surface area contributed by atoms with Crippen LogP contribution in [0, 0.1) is 5.82 Å². The predicted molar refractivity (Wildman–Crippen MR) is 95.0 cm³/mol. The van der Waals surface area contributed by atoms with Crippen LogP contribution >= 0.6 is 11.8 Å². The van der Waals surface area contributed by atoms with Gasteiger partial charge in [-0.2, -0.15) is 0 Å². The Labute approximate surface area is 149 Å². The number of sulfonamides is 1. The molecule has 0 fully saturated rings. The van der Waals surface area contributed by atoms with Crippen molar-refractivity contribution in [3.05, 3.63) is 47.8 Å². The number of nitrogens with one attached hydrogen (secondary N) is 1. The molecule has 5 nitrogen and oxygen atoms in total. The second-order valence-corrected chi connectivity index (χ2v) is 9.24. The van der Waals surface area contributed by atoms with Crippen molar-refractivity contribution in [2.45, 2.75) is 28.4 Å². The third-order valence-electron chi connectivity index (χ3n) is 4.26. The minimum absolute atomic E-state index is 0.0761. The van der Waals surface area contributed by atoms with Gasteiger partial charge in [0.2, 0.25) is 5.91 Å². The molecule has 1 atom stereocenters. The van der Waals surface area contributed by atoms with E-state index in [1.807, 2.05) is 6.92 Å². The van der Waals surface area contributed by atoms with Crippen molar-refractivity contribution in [2.75, 3.05) is 16.2 Å². The SMILES string of the molecule is CC1CN2C(=O)Cc3c(S(=O)(=O)Nc4ccc(F)cc4)ccc(c32)S1. The van der Waals surface area contributed by atoms with Gasteiger partial charge < -0.3 is 4.90 Å². The highest BCUT2D eigenvalue weighted by Crippen LogP contribution is 2.46. The van der Waals surface area contributed by atoms with E-state index in [1.54, 1.807) is 28.8 Å². The van der Waals surface area contributed by atoms with Gasteiger partial charge >= 0.3 is 0 Å². The Balaban J connectivity index is 1.77. The third-order valence-corrected chi connectivity index (χ3v) is 6.86. The Bertz CT molecular complexity index is 974. The van der Waals surface area contributed by atoms with Gasteiger partial charge in [-0.15, -0.1) is 11.8 Å². The van der Waals surface area contributed by atoms with Crippen LogP contribution in [0.25, 0.3) is 0 Å². The van der Waals surface area contributed by atoms with Crippen molar-refractivity contribution < 1.29 is 17.6 Å². The number of anilines is 2. The summed E-state index contributed by atoms with van der Waals surface area (Å²) in [5, 5.41) is 0.266. The topological polar surface area (TPSA) is 66.5 Å². The molecule has 0 bridgehead atoms. The molecule has 1 N–H and O–H groups in total. The molecule has 2 heterocycles. The summed E-state index contributed by atoms with van der Waals surface area (Å²) in [5.41, 5.74) is 1.53. The zero-order valence-corrected chi connectivity index (χ0v) is 15.0. The number of benzene rings is 2. The van der Waals surface area contributed by atoms with Gasteiger partial charge in [0, 0.05) is 27.9 Å². The maximum absolute atomic E-state index is 13.0. The number of thioether (sulfide) groups is 1. The van der Waals surface area contributed by atoms with Crippen molar-refractivity contribution in [1.29, 1.82) is 0 Å². The van der Waals surface area contributed by atoms with E-state index >= 15 is 0 Å². The van der Waals surface area contributed by atoms with Crippen molar-refractivity contribution in [1.82, 2.24) is 0 Å². The van der Waals surface area contributed by atoms with E-state index in [-0.39, 0.29) is 28.2 Å². The summed E-state index contributed by atoms with van der Waals surface area (Å²) in [6, 6.07) is 8.39. The summed E-state index contributed by atoms with van der Waals surface area (Å²) in [6.45, 7) is 2.62.